The van der Waals surface area contributed by atoms with Crippen LogP contribution in [0.4, 0.5) is 4.79 Å². The second-order valence-corrected chi connectivity index (χ2v) is 9.15. The van der Waals surface area contributed by atoms with Crippen molar-refractivity contribution in [1.29, 1.82) is 0 Å². The molecule has 2 atom stereocenters. The third-order valence-corrected chi connectivity index (χ3v) is 6.83. The number of rotatable bonds is 3. The van der Waals surface area contributed by atoms with Crippen molar-refractivity contribution in [3.05, 3.63) is 34.3 Å². The van der Waals surface area contributed by atoms with Crippen molar-refractivity contribution >= 4 is 33.4 Å². The van der Waals surface area contributed by atoms with Gasteiger partial charge < -0.3 is 5.32 Å². The second kappa shape index (κ2) is 7.21. The molecule has 0 saturated carbocycles. The number of amides is 3. The van der Waals surface area contributed by atoms with Crippen LogP contribution >= 0.6 is 11.6 Å². The summed E-state index contributed by atoms with van der Waals surface area (Å²) in [6.07, 6.45) is 2.12. The lowest BCUT2D eigenvalue weighted by atomic mass is 10.1. The molecule has 0 aromatic heterocycles. The van der Waals surface area contributed by atoms with Crippen LogP contribution in [-0.4, -0.2) is 31.9 Å². The predicted molar refractivity (Wildman–Crippen MR) is 93.7 cm³/mol. The number of urea groups is 1. The van der Waals surface area contributed by atoms with Crippen LogP contribution in [-0.2, 0) is 21.1 Å². The van der Waals surface area contributed by atoms with Crippen LogP contribution in [0.25, 0.3) is 0 Å². The van der Waals surface area contributed by atoms with Gasteiger partial charge in [-0.2, -0.15) is 0 Å². The lowest BCUT2D eigenvalue weighted by Crippen LogP contribution is -2.48. The summed E-state index contributed by atoms with van der Waals surface area (Å²) in [5, 5.41) is 3.50. The molecule has 3 N–H and O–H groups in total. The van der Waals surface area contributed by atoms with Gasteiger partial charge in [-0.15, -0.1) is 0 Å². The average molecular weight is 386 g/mol. The van der Waals surface area contributed by atoms with Crippen molar-refractivity contribution in [1.82, 2.24) is 16.2 Å². The van der Waals surface area contributed by atoms with Crippen LogP contribution in [0.2, 0.25) is 5.02 Å². The van der Waals surface area contributed by atoms with Crippen LogP contribution in [0.15, 0.2) is 18.2 Å². The fourth-order valence-electron chi connectivity index (χ4n) is 3.43. The van der Waals surface area contributed by atoms with E-state index in [1.54, 1.807) is 0 Å². The highest BCUT2D eigenvalue weighted by molar-refractivity contribution is 7.91. The van der Waals surface area contributed by atoms with E-state index in [0.29, 0.717) is 11.4 Å². The monoisotopic (exact) mass is 385 g/mol. The number of carbonyl (C=O) groups excluding carboxylic acids is 2. The second-order valence-electron chi connectivity index (χ2n) is 6.52. The third kappa shape index (κ3) is 4.43. The molecule has 9 heteroatoms. The lowest BCUT2D eigenvalue weighted by molar-refractivity contribution is -0.122. The van der Waals surface area contributed by atoms with Gasteiger partial charge in [-0.05, 0) is 42.4 Å². The quantitative estimate of drug-likeness (QED) is 0.685. The van der Waals surface area contributed by atoms with Gasteiger partial charge in [0.05, 0.1) is 17.5 Å². The summed E-state index contributed by atoms with van der Waals surface area (Å²) in [6, 6.07) is 4.94. The van der Waals surface area contributed by atoms with E-state index in [0.717, 1.165) is 24.0 Å². The third-order valence-electron chi connectivity index (χ3n) is 4.64. The average Bonchev–Trinajstić information content (AvgIpc) is 3.10. The molecule has 1 saturated heterocycles. The first-order valence-corrected chi connectivity index (χ1v) is 10.4. The molecule has 7 nitrogen and oxygen atoms in total. The molecule has 1 aliphatic heterocycles. The minimum atomic E-state index is -3.01. The van der Waals surface area contributed by atoms with Gasteiger partial charge in [-0.1, -0.05) is 23.7 Å². The molecule has 3 amide bonds. The molecular formula is C16H20ClN3O4S. The number of hydrogen-bond acceptors (Lipinski definition) is 4. The highest BCUT2D eigenvalue weighted by Gasteiger charge is 2.29. The summed E-state index contributed by atoms with van der Waals surface area (Å²) < 4.78 is 22.8. The summed E-state index contributed by atoms with van der Waals surface area (Å²) in [6.45, 7) is 0. The standard InChI is InChI=1S/C16H20ClN3O4S/c17-13-3-1-2-12-11(13)4-5-14(12)18-16(22)20-19-15(21)8-10-6-7-25(23,24)9-10/h1-3,10,14H,4-9H2,(H,19,21)(H2,18,20,22)/t10-,14+/m1/s1. The van der Waals surface area contributed by atoms with E-state index in [2.05, 4.69) is 16.2 Å². The lowest BCUT2D eigenvalue weighted by Gasteiger charge is -2.16. The van der Waals surface area contributed by atoms with Gasteiger partial charge in [0.2, 0.25) is 5.91 Å². The molecular weight excluding hydrogens is 366 g/mol. The minimum absolute atomic E-state index is 0.0340. The number of nitrogens with one attached hydrogen (secondary N) is 3. The Morgan fingerprint density at radius 1 is 1.20 bits per heavy atom. The minimum Gasteiger partial charge on any atom is -0.330 e. The molecule has 0 bridgehead atoms. The smallest absolute Gasteiger partial charge is 0.330 e. The Morgan fingerprint density at radius 2 is 2.00 bits per heavy atom. The SMILES string of the molecule is O=C(C[C@H]1CCS(=O)(=O)C1)NNC(=O)N[C@H]1CCc2c(Cl)cccc21. The number of fused-ring (bicyclic) bond motifs is 1. The Morgan fingerprint density at radius 3 is 2.72 bits per heavy atom. The van der Waals surface area contributed by atoms with Crippen molar-refractivity contribution in [2.24, 2.45) is 5.92 Å². The number of halogens is 1. The first-order valence-electron chi connectivity index (χ1n) is 8.17. The van der Waals surface area contributed by atoms with Crippen molar-refractivity contribution in [2.45, 2.75) is 31.7 Å². The molecule has 1 aliphatic carbocycles. The van der Waals surface area contributed by atoms with Crippen LogP contribution in [0.3, 0.4) is 0 Å². The molecule has 0 radical (unpaired) electrons. The van der Waals surface area contributed by atoms with Gasteiger partial charge >= 0.3 is 6.03 Å². The van der Waals surface area contributed by atoms with Gasteiger partial charge in [-0.25, -0.2) is 18.6 Å². The Bertz CT molecular complexity index is 797. The van der Waals surface area contributed by atoms with Crippen molar-refractivity contribution in [3.63, 3.8) is 0 Å². The fraction of sp³-hybridized carbons (Fsp3) is 0.500. The largest absolute Gasteiger partial charge is 0.333 e. The summed E-state index contributed by atoms with van der Waals surface area (Å²) in [5.74, 6) is -0.416. The summed E-state index contributed by atoms with van der Waals surface area (Å²) in [5.41, 5.74) is 6.67. The van der Waals surface area contributed by atoms with E-state index in [4.69, 9.17) is 11.6 Å². The van der Waals surface area contributed by atoms with Crippen molar-refractivity contribution in [2.75, 3.05) is 11.5 Å². The molecule has 2 aliphatic rings. The van der Waals surface area contributed by atoms with E-state index < -0.39 is 21.8 Å². The van der Waals surface area contributed by atoms with Crippen LogP contribution in [0, 0.1) is 5.92 Å². The number of sulfone groups is 1. The van der Waals surface area contributed by atoms with Gasteiger partial charge in [0, 0.05) is 11.4 Å². The first-order chi connectivity index (χ1) is 11.8. The van der Waals surface area contributed by atoms with Gasteiger partial charge in [0.25, 0.3) is 0 Å². The topological polar surface area (TPSA) is 104 Å². The predicted octanol–water partition coefficient (Wildman–Crippen LogP) is 1.48. The Hall–Kier alpha value is -1.80. The number of carbonyl (C=O) groups is 2. The molecule has 1 heterocycles. The molecule has 25 heavy (non-hydrogen) atoms. The molecule has 1 aromatic rings. The molecule has 136 valence electrons. The van der Waals surface area contributed by atoms with Crippen LogP contribution < -0.4 is 16.2 Å². The maximum Gasteiger partial charge on any atom is 0.333 e. The molecule has 1 fully saturated rings. The molecule has 3 rings (SSSR count). The highest BCUT2D eigenvalue weighted by atomic mass is 35.5. The van der Waals surface area contributed by atoms with E-state index >= 15 is 0 Å². The van der Waals surface area contributed by atoms with Gasteiger partial charge in [-0.3, -0.25) is 10.2 Å². The van der Waals surface area contributed by atoms with E-state index in [1.807, 2.05) is 18.2 Å². The summed E-state index contributed by atoms with van der Waals surface area (Å²) in [7, 11) is -3.01. The highest BCUT2D eigenvalue weighted by Crippen LogP contribution is 2.35. The van der Waals surface area contributed by atoms with Crippen molar-refractivity contribution in [3.8, 4) is 0 Å². The first kappa shape index (κ1) is 18.0. The summed E-state index contributed by atoms with van der Waals surface area (Å²) >= 11 is 6.15. The zero-order valence-corrected chi connectivity index (χ0v) is 15.1. The van der Waals surface area contributed by atoms with Crippen molar-refractivity contribution < 1.29 is 18.0 Å². The number of benzene rings is 1. The zero-order valence-electron chi connectivity index (χ0n) is 13.5. The Balaban J connectivity index is 1.45. The fourth-order valence-corrected chi connectivity index (χ4v) is 5.56. The normalized spacial score (nSPS) is 23.7. The number of hydrogen-bond donors (Lipinski definition) is 3. The zero-order chi connectivity index (χ0) is 18.0. The van der Waals surface area contributed by atoms with E-state index in [1.165, 1.54) is 0 Å². The van der Waals surface area contributed by atoms with E-state index in [9.17, 15) is 18.0 Å². The Labute approximate surface area is 151 Å². The molecule has 0 spiro atoms. The van der Waals surface area contributed by atoms with E-state index in [-0.39, 0.29) is 29.9 Å². The number of hydrazine groups is 1. The van der Waals surface area contributed by atoms with Crippen LogP contribution in [0.5, 0.6) is 0 Å². The van der Waals surface area contributed by atoms with Crippen LogP contribution in [0.1, 0.15) is 36.4 Å². The molecule has 1 aromatic carbocycles. The van der Waals surface area contributed by atoms with Gasteiger partial charge in [0.1, 0.15) is 0 Å². The Kier molecular flexibility index (Phi) is 5.19. The molecule has 0 unspecified atom stereocenters. The van der Waals surface area contributed by atoms with Gasteiger partial charge in [0.15, 0.2) is 9.84 Å². The maximum atomic E-state index is 12.0. The summed E-state index contributed by atoms with van der Waals surface area (Å²) in [4.78, 5) is 23.8. The maximum absolute atomic E-state index is 12.0.